The highest BCUT2D eigenvalue weighted by Gasteiger charge is 2.37. The van der Waals surface area contributed by atoms with E-state index in [0.717, 1.165) is 4.90 Å². The predicted molar refractivity (Wildman–Crippen MR) is 130 cm³/mol. The topological polar surface area (TPSA) is 58.6 Å². The molecule has 1 amide bonds. The van der Waals surface area contributed by atoms with Crippen molar-refractivity contribution in [2.45, 2.75) is 18.9 Å². The lowest BCUT2D eigenvalue weighted by Gasteiger charge is -2.27. The zero-order valence-electron chi connectivity index (χ0n) is 19.9. The number of morpholine rings is 1. The number of hydrogen-bond donors (Lipinski definition) is 0. The standard InChI is InChI=1S/C25H21BrF6N4O2/c1-35(14-15-10-16(24(27,28)29)12-17(11-15)25(30,31)32)22(37)19-13-33-23(36-6-8-38-9-7-36)34-21(19)18-4-2-3-5-20(18)26/h2-5,10-13H,6-9,14H2,1H3. The molecule has 0 radical (unpaired) electrons. The second kappa shape index (κ2) is 10.9. The van der Waals surface area contributed by atoms with E-state index in [9.17, 15) is 31.1 Å². The molecule has 0 atom stereocenters. The first-order chi connectivity index (χ1) is 17.8. The van der Waals surface area contributed by atoms with Gasteiger partial charge < -0.3 is 14.5 Å². The first kappa shape index (κ1) is 27.8. The van der Waals surface area contributed by atoms with Crippen molar-refractivity contribution in [3.05, 3.63) is 75.4 Å². The Morgan fingerprint density at radius 2 is 1.63 bits per heavy atom. The van der Waals surface area contributed by atoms with Gasteiger partial charge >= 0.3 is 12.4 Å². The zero-order chi connectivity index (χ0) is 27.7. The van der Waals surface area contributed by atoms with Crippen LogP contribution in [-0.2, 0) is 23.6 Å². The van der Waals surface area contributed by atoms with Gasteiger partial charge in [-0.3, -0.25) is 4.79 Å². The van der Waals surface area contributed by atoms with E-state index in [1.807, 2.05) is 4.90 Å². The molecular formula is C25H21BrF6N4O2. The number of anilines is 1. The molecule has 0 saturated carbocycles. The molecule has 0 spiro atoms. The molecule has 202 valence electrons. The molecule has 0 unspecified atom stereocenters. The number of hydrogen-bond acceptors (Lipinski definition) is 5. The SMILES string of the molecule is CN(Cc1cc(C(F)(F)F)cc(C(F)(F)F)c1)C(=O)c1cnc(N2CCOCC2)nc1-c1ccccc1Br. The van der Waals surface area contributed by atoms with E-state index in [-0.39, 0.29) is 22.9 Å². The lowest BCUT2D eigenvalue weighted by atomic mass is 10.0. The van der Waals surface area contributed by atoms with Crippen molar-refractivity contribution in [3.8, 4) is 11.3 Å². The van der Waals surface area contributed by atoms with Crippen molar-refractivity contribution < 1.29 is 35.9 Å². The van der Waals surface area contributed by atoms with Crippen LogP contribution in [0.1, 0.15) is 27.0 Å². The molecule has 1 saturated heterocycles. The molecule has 13 heteroatoms. The third kappa shape index (κ3) is 6.26. The Balaban J connectivity index is 1.71. The molecule has 0 aliphatic carbocycles. The molecule has 38 heavy (non-hydrogen) atoms. The van der Waals surface area contributed by atoms with E-state index in [0.29, 0.717) is 54.4 Å². The van der Waals surface area contributed by atoms with Gasteiger partial charge in [0.25, 0.3) is 5.91 Å². The molecule has 1 aromatic heterocycles. The van der Waals surface area contributed by atoms with Crippen LogP contribution in [0, 0.1) is 0 Å². The highest BCUT2D eigenvalue weighted by atomic mass is 79.9. The van der Waals surface area contributed by atoms with Gasteiger partial charge in [-0.1, -0.05) is 34.1 Å². The summed E-state index contributed by atoms with van der Waals surface area (Å²) in [6, 6.07) is 8.26. The van der Waals surface area contributed by atoms with Crippen LogP contribution in [0.25, 0.3) is 11.3 Å². The average molecular weight is 603 g/mol. The number of halogens is 7. The number of amides is 1. The Morgan fingerprint density at radius 3 is 2.21 bits per heavy atom. The van der Waals surface area contributed by atoms with E-state index in [2.05, 4.69) is 25.9 Å². The number of carbonyl (C=O) groups is 1. The zero-order valence-corrected chi connectivity index (χ0v) is 21.5. The third-order valence-electron chi connectivity index (χ3n) is 5.84. The van der Waals surface area contributed by atoms with Crippen molar-refractivity contribution in [1.82, 2.24) is 14.9 Å². The van der Waals surface area contributed by atoms with E-state index in [4.69, 9.17) is 4.74 Å². The largest absolute Gasteiger partial charge is 0.416 e. The van der Waals surface area contributed by atoms with Crippen molar-refractivity contribution in [2.75, 3.05) is 38.3 Å². The Bertz CT molecular complexity index is 1290. The van der Waals surface area contributed by atoms with Gasteiger partial charge in [0.15, 0.2) is 0 Å². The number of alkyl halides is 6. The summed E-state index contributed by atoms with van der Waals surface area (Å²) in [6.07, 6.45) is -8.66. The molecule has 6 nitrogen and oxygen atoms in total. The maximum absolute atomic E-state index is 13.5. The Morgan fingerprint density at radius 1 is 1.03 bits per heavy atom. The lowest BCUT2D eigenvalue weighted by Crippen LogP contribution is -2.37. The van der Waals surface area contributed by atoms with Crippen LogP contribution in [0.5, 0.6) is 0 Å². The summed E-state index contributed by atoms with van der Waals surface area (Å²) in [5.41, 5.74) is -2.34. The molecule has 1 fully saturated rings. The maximum atomic E-state index is 13.5. The van der Waals surface area contributed by atoms with Gasteiger partial charge in [0, 0.05) is 42.9 Å². The number of ether oxygens (including phenoxy) is 1. The smallest absolute Gasteiger partial charge is 0.378 e. The minimum absolute atomic E-state index is 0.0411. The molecule has 4 rings (SSSR count). The predicted octanol–water partition coefficient (Wildman–Crippen LogP) is 6.05. The summed E-state index contributed by atoms with van der Waals surface area (Å²) in [6.45, 7) is 1.54. The summed E-state index contributed by atoms with van der Waals surface area (Å²) in [5.74, 6) is -0.304. The molecule has 2 heterocycles. The number of nitrogens with zero attached hydrogens (tertiary/aromatic N) is 4. The fourth-order valence-corrected chi connectivity index (χ4v) is 4.44. The van der Waals surface area contributed by atoms with E-state index in [1.54, 1.807) is 24.3 Å². The molecule has 2 aromatic carbocycles. The van der Waals surface area contributed by atoms with Gasteiger partial charge in [0.2, 0.25) is 5.95 Å². The minimum Gasteiger partial charge on any atom is -0.378 e. The first-order valence-electron chi connectivity index (χ1n) is 11.3. The Labute approximate surface area is 222 Å². The summed E-state index contributed by atoms with van der Waals surface area (Å²) in [7, 11) is 1.29. The molecule has 1 aliphatic rings. The van der Waals surface area contributed by atoms with Crippen LogP contribution in [0.2, 0.25) is 0 Å². The van der Waals surface area contributed by atoms with Gasteiger partial charge in [-0.2, -0.15) is 26.3 Å². The summed E-state index contributed by atoms with van der Waals surface area (Å²) in [4.78, 5) is 25.3. The van der Waals surface area contributed by atoms with Crippen molar-refractivity contribution in [2.24, 2.45) is 0 Å². The summed E-state index contributed by atoms with van der Waals surface area (Å²) >= 11 is 3.45. The summed E-state index contributed by atoms with van der Waals surface area (Å²) in [5, 5.41) is 0. The van der Waals surface area contributed by atoms with Gasteiger partial charge in [0.05, 0.1) is 35.6 Å². The molecule has 3 aromatic rings. The number of benzene rings is 2. The normalized spacial score (nSPS) is 14.5. The van der Waals surface area contributed by atoms with Gasteiger partial charge in [-0.05, 0) is 29.8 Å². The molecule has 1 aliphatic heterocycles. The second-order valence-electron chi connectivity index (χ2n) is 8.59. The number of carbonyl (C=O) groups excluding carboxylic acids is 1. The monoisotopic (exact) mass is 602 g/mol. The quantitative estimate of drug-likeness (QED) is 0.333. The van der Waals surface area contributed by atoms with Gasteiger partial charge in [-0.15, -0.1) is 0 Å². The second-order valence-corrected chi connectivity index (χ2v) is 9.44. The van der Waals surface area contributed by atoms with Crippen molar-refractivity contribution >= 4 is 27.8 Å². The van der Waals surface area contributed by atoms with Crippen molar-refractivity contribution in [1.29, 1.82) is 0 Å². The fraction of sp³-hybridized carbons (Fsp3) is 0.320. The third-order valence-corrected chi connectivity index (χ3v) is 6.53. The van der Waals surface area contributed by atoms with Crippen LogP contribution < -0.4 is 4.90 Å². The van der Waals surface area contributed by atoms with Crippen LogP contribution in [-0.4, -0.2) is 54.1 Å². The molecule has 0 bridgehead atoms. The van der Waals surface area contributed by atoms with Crippen LogP contribution in [0.3, 0.4) is 0 Å². The highest BCUT2D eigenvalue weighted by Crippen LogP contribution is 2.37. The number of aromatic nitrogens is 2. The molecule has 0 N–H and O–H groups in total. The average Bonchev–Trinajstić information content (AvgIpc) is 2.87. The Hall–Kier alpha value is -3.19. The first-order valence-corrected chi connectivity index (χ1v) is 12.1. The van der Waals surface area contributed by atoms with Crippen LogP contribution >= 0.6 is 15.9 Å². The highest BCUT2D eigenvalue weighted by molar-refractivity contribution is 9.10. The van der Waals surface area contributed by atoms with Crippen LogP contribution in [0.4, 0.5) is 32.3 Å². The minimum atomic E-state index is -4.99. The van der Waals surface area contributed by atoms with Gasteiger partial charge in [-0.25, -0.2) is 9.97 Å². The summed E-state index contributed by atoms with van der Waals surface area (Å²) < 4.78 is 85.7. The van der Waals surface area contributed by atoms with Gasteiger partial charge in [0.1, 0.15) is 0 Å². The maximum Gasteiger partial charge on any atom is 0.416 e. The Kier molecular flexibility index (Phi) is 7.98. The lowest BCUT2D eigenvalue weighted by molar-refractivity contribution is -0.143. The van der Waals surface area contributed by atoms with Crippen LogP contribution in [0.15, 0.2) is 53.1 Å². The fourth-order valence-electron chi connectivity index (χ4n) is 3.97. The molecular weight excluding hydrogens is 582 g/mol. The van der Waals surface area contributed by atoms with E-state index >= 15 is 0 Å². The number of rotatable bonds is 5. The van der Waals surface area contributed by atoms with Crippen molar-refractivity contribution in [3.63, 3.8) is 0 Å². The van der Waals surface area contributed by atoms with E-state index < -0.39 is 35.9 Å². The van der Waals surface area contributed by atoms with E-state index in [1.165, 1.54) is 13.2 Å².